The Hall–Kier alpha value is -1.16. The van der Waals surface area contributed by atoms with Crippen LogP contribution in [0.15, 0.2) is 12.3 Å². The summed E-state index contributed by atoms with van der Waals surface area (Å²) in [6.45, 7) is 4.17. The summed E-state index contributed by atoms with van der Waals surface area (Å²) in [5, 5.41) is 4.44. The standard InChI is InChI=1S/C14H20N2O2/c1-9(2)16-6-5-10(15-16)7-13(17)12-8-11-3-4-14(12)18-11/h5-6,9,11-12,14H,3-4,7-8H2,1-2H3. The summed E-state index contributed by atoms with van der Waals surface area (Å²) < 4.78 is 7.64. The second-order valence-electron chi connectivity index (χ2n) is 5.74. The molecule has 0 spiro atoms. The molecule has 0 N–H and O–H groups in total. The lowest BCUT2D eigenvalue weighted by atomic mass is 9.85. The first-order valence-corrected chi connectivity index (χ1v) is 6.85. The summed E-state index contributed by atoms with van der Waals surface area (Å²) >= 11 is 0. The third kappa shape index (κ3) is 2.09. The number of nitrogens with zero attached hydrogens (tertiary/aromatic N) is 2. The number of carbonyl (C=O) groups excluding carboxylic acids is 1. The van der Waals surface area contributed by atoms with Gasteiger partial charge in [0.1, 0.15) is 5.78 Å². The molecule has 4 heteroatoms. The molecule has 2 bridgehead atoms. The van der Waals surface area contributed by atoms with Crippen LogP contribution in [0.5, 0.6) is 0 Å². The Morgan fingerprint density at radius 1 is 1.56 bits per heavy atom. The second-order valence-corrected chi connectivity index (χ2v) is 5.74. The molecule has 2 aliphatic heterocycles. The van der Waals surface area contributed by atoms with Gasteiger partial charge in [0, 0.05) is 18.2 Å². The van der Waals surface area contributed by atoms with Gasteiger partial charge >= 0.3 is 0 Å². The number of carbonyl (C=O) groups is 1. The van der Waals surface area contributed by atoms with E-state index in [1.165, 1.54) is 0 Å². The Morgan fingerprint density at radius 3 is 2.94 bits per heavy atom. The lowest BCUT2D eigenvalue weighted by Crippen LogP contribution is -2.26. The van der Waals surface area contributed by atoms with Gasteiger partial charge in [0.2, 0.25) is 0 Å². The van der Waals surface area contributed by atoms with Crippen LogP contribution in [-0.4, -0.2) is 27.8 Å². The van der Waals surface area contributed by atoms with Gasteiger partial charge < -0.3 is 4.74 Å². The number of Topliss-reactive ketones (excluding diaryl/α,β-unsaturated/α-hetero) is 1. The summed E-state index contributed by atoms with van der Waals surface area (Å²) in [7, 11) is 0. The van der Waals surface area contributed by atoms with Gasteiger partial charge in [0.05, 0.1) is 24.3 Å². The van der Waals surface area contributed by atoms with Gasteiger partial charge in [0.15, 0.2) is 0 Å². The van der Waals surface area contributed by atoms with Crippen LogP contribution in [0.2, 0.25) is 0 Å². The zero-order valence-corrected chi connectivity index (χ0v) is 11.0. The van der Waals surface area contributed by atoms with E-state index in [1.807, 2.05) is 16.9 Å². The zero-order valence-electron chi connectivity index (χ0n) is 11.0. The molecular weight excluding hydrogens is 228 g/mol. The van der Waals surface area contributed by atoms with Gasteiger partial charge in [-0.05, 0) is 39.2 Å². The van der Waals surface area contributed by atoms with Gasteiger partial charge in [-0.2, -0.15) is 5.10 Å². The number of hydrogen-bond donors (Lipinski definition) is 0. The minimum absolute atomic E-state index is 0.118. The molecule has 2 fully saturated rings. The molecule has 0 amide bonds. The van der Waals surface area contributed by atoms with E-state index >= 15 is 0 Å². The van der Waals surface area contributed by atoms with Gasteiger partial charge in [-0.15, -0.1) is 0 Å². The first-order valence-electron chi connectivity index (χ1n) is 6.85. The average Bonchev–Trinajstić information content (AvgIpc) is 3.03. The highest BCUT2D eigenvalue weighted by molar-refractivity contribution is 5.83. The summed E-state index contributed by atoms with van der Waals surface area (Å²) in [5.41, 5.74) is 0.886. The van der Waals surface area contributed by atoms with Crippen LogP contribution in [-0.2, 0) is 16.0 Å². The Labute approximate surface area is 107 Å². The smallest absolute Gasteiger partial charge is 0.144 e. The lowest BCUT2D eigenvalue weighted by molar-refractivity contribution is -0.123. The van der Waals surface area contributed by atoms with Crippen molar-refractivity contribution in [3.8, 4) is 0 Å². The SMILES string of the molecule is CC(C)n1ccc(CC(=O)C2CC3CCC2O3)n1. The van der Waals surface area contributed by atoms with Gasteiger partial charge in [-0.3, -0.25) is 9.48 Å². The molecule has 2 saturated heterocycles. The third-order valence-corrected chi connectivity index (χ3v) is 4.07. The molecule has 3 heterocycles. The van der Waals surface area contributed by atoms with Crippen LogP contribution in [0, 0.1) is 5.92 Å². The highest BCUT2D eigenvalue weighted by Gasteiger charge is 2.44. The Bertz CT molecular complexity index is 452. The summed E-state index contributed by atoms with van der Waals surface area (Å²) in [6.07, 6.45) is 6.06. The van der Waals surface area contributed by atoms with Crippen molar-refractivity contribution in [3.05, 3.63) is 18.0 Å². The maximum absolute atomic E-state index is 12.3. The number of ether oxygens (including phenoxy) is 1. The largest absolute Gasteiger partial charge is 0.374 e. The molecule has 3 rings (SSSR count). The predicted octanol–water partition coefficient (Wildman–Crippen LogP) is 2.14. The molecule has 0 radical (unpaired) electrons. The van der Waals surface area contributed by atoms with E-state index in [4.69, 9.17) is 4.74 Å². The predicted molar refractivity (Wildman–Crippen MR) is 67.3 cm³/mol. The fraction of sp³-hybridized carbons (Fsp3) is 0.714. The molecule has 0 aromatic carbocycles. The minimum Gasteiger partial charge on any atom is -0.374 e. The lowest BCUT2D eigenvalue weighted by Gasteiger charge is -2.16. The number of aromatic nitrogens is 2. The van der Waals surface area contributed by atoms with E-state index in [1.54, 1.807) is 0 Å². The maximum atomic E-state index is 12.3. The average molecular weight is 248 g/mol. The fourth-order valence-corrected chi connectivity index (χ4v) is 3.05. The quantitative estimate of drug-likeness (QED) is 0.820. The van der Waals surface area contributed by atoms with Crippen molar-refractivity contribution in [3.63, 3.8) is 0 Å². The van der Waals surface area contributed by atoms with E-state index in [2.05, 4.69) is 18.9 Å². The van der Waals surface area contributed by atoms with E-state index in [0.717, 1.165) is 25.0 Å². The van der Waals surface area contributed by atoms with Gasteiger partial charge in [-0.25, -0.2) is 0 Å². The molecule has 1 aromatic rings. The van der Waals surface area contributed by atoms with Crippen LogP contribution >= 0.6 is 0 Å². The van der Waals surface area contributed by atoms with Crippen molar-refractivity contribution >= 4 is 5.78 Å². The highest BCUT2D eigenvalue weighted by atomic mass is 16.5. The Kier molecular flexibility index (Phi) is 2.98. The number of fused-ring (bicyclic) bond motifs is 2. The number of hydrogen-bond acceptors (Lipinski definition) is 3. The highest BCUT2D eigenvalue weighted by Crippen LogP contribution is 2.39. The fourth-order valence-electron chi connectivity index (χ4n) is 3.05. The minimum atomic E-state index is 0.118. The zero-order chi connectivity index (χ0) is 12.7. The van der Waals surface area contributed by atoms with E-state index in [-0.39, 0.29) is 12.0 Å². The molecule has 3 unspecified atom stereocenters. The maximum Gasteiger partial charge on any atom is 0.144 e. The molecule has 3 atom stereocenters. The third-order valence-electron chi connectivity index (χ3n) is 4.07. The van der Waals surface area contributed by atoms with E-state index in [9.17, 15) is 4.79 Å². The summed E-state index contributed by atoms with van der Waals surface area (Å²) in [4.78, 5) is 12.3. The molecule has 2 aliphatic rings. The van der Waals surface area contributed by atoms with Crippen molar-refractivity contribution in [1.82, 2.24) is 9.78 Å². The molecule has 1 aromatic heterocycles. The number of rotatable bonds is 4. The Morgan fingerprint density at radius 2 is 2.39 bits per heavy atom. The summed E-state index contributed by atoms with van der Waals surface area (Å²) in [5.74, 6) is 0.421. The first-order chi connectivity index (χ1) is 8.63. The van der Waals surface area contributed by atoms with Crippen molar-refractivity contribution < 1.29 is 9.53 Å². The second kappa shape index (κ2) is 4.50. The van der Waals surface area contributed by atoms with Crippen LogP contribution in [0.4, 0.5) is 0 Å². The molecule has 0 saturated carbocycles. The topological polar surface area (TPSA) is 44.1 Å². The van der Waals surface area contributed by atoms with Crippen LogP contribution in [0.1, 0.15) is 44.8 Å². The van der Waals surface area contributed by atoms with Crippen molar-refractivity contribution in [2.45, 2.75) is 57.8 Å². The molecule has 0 aliphatic carbocycles. The van der Waals surface area contributed by atoms with Crippen molar-refractivity contribution in [2.75, 3.05) is 0 Å². The summed E-state index contributed by atoms with van der Waals surface area (Å²) in [6, 6.07) is 2.30. The van der Waals surface area contributed by atoms with Crippen molar-refractivity contribution in [1.29, 1.82) is 0 Å². The van der Waals surface area contributed by atoms with Crippen LogP contribution < -0.4 is 0 Å². The van der Waals surface area contributed by atoms with Gasteiger partial charge in [0.25, 0.3) is 0 Å². The van der Waals surface area contributed by atoms with Crippen molar-refractivity contribution in [2.24, 2.45) is 5.92 Å². The number of ketones is 1. The van der Waals surface area contributed by atoms with Crippen LogP contribution in [0.3, 0.4) is 0 Å². The molecule has 98 valence electrons. The Balaban J connectivity index is 1.63. The molecule has 18 heavy (non-hydrogen) atoms. The first kappa shape index (κ1) is 11.9. The molecular formula is C14H20N2O2. The normalized spacial score (nSPS) is 30.3. The monoisotopic (exact) mass is 248 g/mol. The van der Waals surface area contributed by atoms with Crippen LogP contribution in [0.25, 0.3) is 0 Å². The molecule has 4 nitrogen and oxygen atoms in total. The van der Waals surface area contributed by atoms with E-state index in [0.29, 0.717) is 24.3 Å². The van der Waals surface area contributed by atoms with Gasteiger partial charge in [-0.1, -0.05) is 0 Å². The van der Waals surface area contributed by atoms with E-state index < -0.39 is 0 Å².